The molecule has 0 heterocycles. The summed E-state index contributed by atoms with van der Waals surface area (Å²) in [7, 11) is 0. The van der Waals surface area contributed by atoms with Crippen LogP contribution in [-0.4, -0.2) is 35.9 Å². The second kappa shape index (κ2) is 9.10. The minimum absolute atomic E-state index is 0. The molecule has 126 valence electrons. The Morgan fingerprint density at radius 1 is 1.05 bits per heavy atom. The monoisotopic (exact) mass is 324 g/mol. The molecule has 0 saturated heterocycles. The molecule has 0 aliphatic heterocycles. The molecule has 1 amide bonds. The standard InChI is InChI=1S/C14H28N2O4.ClH/c1-13(2,3)19-11(17)10(8-7-9-15)16-12(18)20-14(4,5)6;/h10H,7-9,15H2,1-6H3,(H,16,18);1H/t10-;/m0./s1. The van der Waals surface area contributed by atoms with Crippen molar-refractivity contribution in [2.24, 2.45) is 5.73 Å². The van der Waals surface area contributed by atoms with Crippen LogP contribution in [-0.2, 0) is 14.3 Å². The number of hydrogen-bond acceptors (Lipinski definition) is 5. The van der Waals surface area contributed by atoms with Gasteiger partial charge in [0.1, 0.15) is 17.2 Å². The van der Waals surface area contributed by atoms with E-state index >= 15 is 0 Å². The summed E-state index contributed by atoms with van der Waals surface area (Å²) in [5, 5.41) is 2.54. The topological polar surface area (TPSA) is 90.6 Å². The number of amides is 1. The van der Waals surface area contributed by atoms with Gasteiger partial charge in [-0.05, 0) is 60.9 Å². The average molecular weight is 325 g/mol. The van der Waals surface area contributed by atoms with E-state index in [0.717, 1.165) is 0 Å². The van der Waals surface area contributed by atoms with Gasteiger partial charge in [-0.2, -0.15) is 0 Å². The van der Waals surface area contributed by atoms with Gasteiger partial charge in [0.05, 0.1) is 0 Å². The van der Waals surface area contributed by atoms with Crippen LogP contribution in [0.15, 0.2) is 0 Å². The Bertz CT molecular complexity index is 335. The van der Waals surface area contributed by atoms with Crippen molar-refractivity contribution in [3.05, 3.63) is 0 Å². The highest BCUT2D eigenvalue weighted by Gasteiger charge is 2.28. The number of carbonyl (C=O) groups excluding carboxylic acids is 2. The van der Waals surface area contributed by atoms with E-state index in [1.807, 2.05) is 0 Å². The summed E-state index contributed by atoms with van der Waals surface area (Å²) >= 11 is 0. The van der Waals surface area contributed by atoms with Crippen molar-refractivity contribution < 1.29 is 19.1 Å². The molecular weight excluding hydrogens is 296 g/mol. The van der Waals surface area contributed by atoms with Crippen LogP contribution in [0.25, 0.3) is 0 Å². The van der Waals surface area contributed by atoms with Gasteiger partial charge in [-0.1, -0.05) is 0 Å². The Kier molecular flexibility index (Phi) is 9.65. The molecular formula is C14H29ClN2O4. The molecule has 21 heavy (non-hydrogen) atoms. The van der Waals surface area contributed by atoms with Crippen molar-refractivity contribution in [2.45, 2.75) is 71.6 Å². The van der Waals surface area contributed by atoms with Crippen molar-refractivity contribution in [1.29, 1.82) is 0 Å². The molecule has 0 unspecified atom stereocenters. The van der Waals surface area contributed by atoms with E-state index in [2.05, 4.69) is 5.32 Å². The number of carbonyl (C=O) groups is 2. The van der Waals surface area contributed by atoms with Gasteiger partial charge < -0.3 is 20.5 Å². The second-order valence-electron chi connectivity index (χ2n) is 6.66. The number of nitrogens with one attached hydrogen (secondary N) is 1. The van der Waals surface area contributed by atoms with Crippen LogP contribution in [0.2, 0.25) is 0 Å². The Labute approximate surface area is 133 Å². The minimum atomic E-state index is -0.743. The molecule has 0 saturated carbocycles. The fourth-order valence-electron chi connectivity index (χ4n) is 1.39. The first-order valence-electron chi connectivity index (χ1n) is 6.87. The van der Waals surface area contributed by atoms with Crippen LogP contribution < -0.4 is 11.1 Å². The number of halogens is 1. The molecule has 1 atom stereocenters. The van der Waals surface area contributed by atoms with E-state index in [9.17, 15) is 9.59 Å². The zero-order valence-electron chi connectivity index (χ0n) is 13.8. The van der Waals surface area contributed by atoms with Gasteiger partial charge in [0.15, 0.2) is 0 Å². The quantitative estimate of drug-likeness (QED) is 0.758. The summed E-state index contributed by atoms with van der Waals surface area (Å²) in [4.78, 5) is 23.8. The SMILES string of the molecule is CC(C)(C)OC(=O)N[C@@H](CCCN)C(=O)OC(C)(C)C.Cl. The van der Waals surface area contributed by atoms with E-state index in [1.165, 1.54) is 0 Å². The molecule has 7 heteroatoms. The molecule has 0 aliphatic carbocycles. The second-order valence-corrected chi connectivity index (χ2v) is 6.66. The average Bonchev–Trinajstić information content (AvgIpc) is 2.18. The number of alkyl carbamates (subject to hydrolysis) is 1. The summed E-state index contributed by atoms with van der Waals surface area (Å²) < 4.78 is 10.4. The lowest BCUT2D eigenvalue weighted by molar-refractivity contribution is -0.157. The highest BCUT2D eigenvalue weighted by molar-refractivity contribution is 5.85. The third kappa shape index (κ3) is 12.4. The molecule has 6 nitrogen and oxygen atoms in total. The summed E-state index contributed by atoms with van der Waals surface area (Å²) in [5.74, 6) is -0.475. The van der Waals surface area contributed by atoms with Crippen LogP contribution in [0, 0.1) is 0 Å². The number of rotatable bonds is 5. The van der Waals surface area contributed by atoms with Crippen molar-refractivity contribution in [3.8, 4) is 0 Å². The zero-order chi connectivity index (χ0) is 16.0. The number of hydrogen-bond donors (Lipinski definition) is 2. The van der Waals surface area contributed by atoms with E-state index in [1.54, 1.807) is 41.5 Å². The fourth-order valence-corrected chi connectivity index (χ4v) is 1.39. The summed E-state index contributed by atoms with van der Waals surface area (Å²) in [6.07, 6.45) is 0.398. The molecule has 0 aromatic rings. The van der Waals surface area contributed by atoms with Gasteiger partial charge >= 0.3 is 12.1 Å². The Balaban J connectivity index is 0. The summed E-state index contributed by atoms with van der Waals surface area (Å²) in [6, 6.07) is -0.743. The highest BCUT2D eigenvalue weighted by Crippen LogP contribution is 2.12. The summed E-state index contributed by atoms with van der Waals surface area (Å²) in [6.45, 7) is 11.0. The predicted octanol–water partition coefficient (Wildman–Crippen LogP) is 2.38. The predicted molar refractivity (Wildman–Crippen MR) is 84.5 cm³/mol. The van der Waals surface area contributed by atoms with Crippen molar-refractivity contribution in [3.63, 3.8) is 0 Å². The van der Waals surface area contributed by atoms with Crippen LogP contribution in [0.3, 0.4) is 0 Å². The normalized spacial score (nSPS) is 12.9. The Hall–Kier alpha value is -1.01. The molecule has 0 rings (SSSR count). The highest BCUT2D eigenvalue weighted by atomic mass is 35.5. The Morgan fingerprint density at radius 2 is 1.52 bits per heavy atom. The third-order valence-corrected chi connectivity index (χ3v) is 2.08. The van der Waals surface area contributed by atoms with Gasteiger partial charge in [0.25, 0.3) is 0 Å². The maximum Gasteiger partial charge on any atom is 0.408 e. The van der Waals surface area contributed by atoms with Crippen LogP contribution >= 0.6 is 12.4 Å². The van der Waals surface area contributed by atoms with E-state index in [4.69, 9.17) is 15.2 Å². The zero-order valence-corrected chi connectivity index (χ0v) is 14.6. The van der Waals surface area contributed by atoms with Crippen molar-refractivity contribution >= 4 is 24.5 Å². The van der Waals surface area contributed by atoms with Gasteiger partial charge in [-0.25, -0.2) is 9.59 Å². The molecule has 0 radical (unpaired) electrons. The fraction of sp³-hybridized carbons (Fsp3) is 0.857. The van der Waals surface area contributed by atoms with Crippen LogP contribution in [0.5, 0.6) is 0 Å². The first-order chi connectivity index (χ1) is 8.94. The maximum atomic E-state index is 12.0. The lowest BCUT2D eigenvalue weighted by Gasteiger charge is -2.26. The Morgan fingerprint density at radius 3 is 1.90 bits per heavy atom. The molecule has 0 aliphatic rings. The van der Waals surface area contributed by atoms with Crippen LogP contribution in [0.4, 0.5) is 4.79 Å². The van der Waals surface area contributed by atoms with Gasteiger partial charge in [-0.15, -0.1) is 12.4 Å². The van der Waals surface area contributed by atoms with Gasteiger partial charge in [-0.3, -0.25) is 0 Å². The van der Waals surface area contributed by atoms with Crippen molar-refractivity contribution in [2.75, 3.05) is 6.54 Å². The molecule has 0 bridgehead atoms. The lowest BCUT2D eigenvalue weighted by atomic mass is 10.1. The molecule has 0 aromatic carbocycles. The molecule has 0 aromatic heterocycles. The van der Waals surface area contributed by atoms with Crippen LogP contribution in [0.1, 0.15) is 54.4 Å². The van der Waals surface area contributed by atoms with Gasteiger partial charge in [0.2, 0.25) is 0 Å². The first-order valence-corrected chi connectivity index (χ1v) is 6.87. The first kappa shape index (κ1) is 22.3. The number of esters is 1. The maximum absolute atomic E-state index is 12.0. The number of nitrogens with two attached hydrogens (primary N) is 1. The smallest absolute Gasteiger partial charge is 0.408 e. The largest absolute Gasteiger partial charge is 0.458 e. The molecule has 0 fully saturated rings. The van der Waals surface area contributed by atoms with Gasteiger partial charge in [0, 0.05) is 0 Å². The summed E-state index contributed by atoms with van der Waals surface area (Å²) in [5.41, 5.74) is 4.22. The van der Waals surface area contributed by atoms with Crippen molar-refractivity contribution in [1.82, 2.24) is 5.32 Å². The lowest BCUT2D eigenvalue weighted by Crippen LogP contribution is -2.46. The number of ether oxygens (including phenoxy) is 2. The minimum Gasteiger partial charge on any atom is -0.458 e. The third-order valence-electron chi connectivity index (χ3n) is 2.08. The van der Waals surface area contributed by atoms with E-state index in [0.29, 0.717) is 19.4 Å². The van der Waals surface area contributed by atoms with E-state index < -0.39 is 29.3 Å². The molecule has 3 N–H and O–H groups in total. The molecule has 0 spiro atoms. The van der Waals surface area contributed by atoms with E-state index in [-0.39, 0.29) is 12.4 Å².